The van der Waals surface area contributed by atoms with E-state index in [2.05, 4.69) is 16.0 Å². The van der Waals surface area contributed by atoms with Crippen LogP contribution in [-0.4, -0.2) is 64.8 Å². The minimum Gasteiger partial charge on any atom is -0.379 e. The van der Waals surface area contributed by atoms with Crippen molar-refractivity contribution in [1.29, 1.82) is 0 Å². The Hall–Kier alpha value is -1.67. The molecular weight excluding hydrogens is 266 g/mol. The molecule has 0 saturated carbocycles. The van der Waals surface area contributed by atoms with Gasteiger partial charge in [-0.3, -0.25) is 14.4 Å². The zero-order chi connectivity index (χ0) is 15.2. The quantitative estimate of drug-likeness (QED) is 0.296. The first-order chi connectivity index (χ1) is 9.63. The van der Waals surface area contributed by atoms with Gasteiger partial charge in [0.25, 0.3) is 0 Å². The molecule has 0 rings (SSSR count). The van der Waals surface area contributed by atoms with E-state index in [1.807, 2.05) is 0 Å². The van der Waals surface area contributed by atoms with Crippen LogP contribution in [0.25, 0.3) is 0 Å². The Labute approximate surface area is 118 Å². The summed E-state index contributed by atoms with van der Waals surface area (Å²) in [4.78, 5) is 32.4. The van der Waals surface area contributed by atoms with Crippen LogP contribution < -0.4 is 16.0 Å². The predicted octanol–water partition coefficient (Wildman–Crippen LogP) is -1.59. The van der Waals surface area contributed by atoms with E-state index in [1.54, 1.807) is 14.1 Å². The van der Waals surface area contributed by atoms with Gasteiger partial charge >= 0.3 is 0 Å². The molecule has 116 valence electrons. The Morgan fingerprint density at radius 3 is 1.80 bits per heavy atom. The van der Waals surface area contributed by atoms with Gasteiger partial charge in [0.05, 0.1) is 32.5 Å². The maximum absolute atomic E-state index is 11.0. The van der Waals surface area contributed by atoms with Gasteiger partial charge in [-0.15, -0.1) is 0 Å². The van der Waals surface area contributed by atoms with Gasteiger partial charge in [-0.1, -0.05) is 0 Å². The third kappa shape index (κ3) is 10.3. The minimum atomic E-state index is -0.304. The lowest BCUT2D eigenvalue weighted by atomic mass is 10.3. The molecular formula is C12H23N3O5. The smallest absolute Gasteiger partial charge is 0.222 e. The summed E-state index contributed by atoms with van der Waals surface area (Å²) in [6, 6.07) is -0.304. The summed E-state index contributed by atoms with van der Waals surface area (Å²) in [6.45, 7) is 1.04. The van der Waals surface area contributed by atoms with Gasteiger partial charge in [0, 0.05) is 26.9 Å². The van der Waals surface area contributed by atoms with Crippen molar-refractivity contribution in [2.24, 2.45) is 0 Å². The molecule has 0 fully saturated rings. The van der Waals surface area contributed by atoms with Crippen molar-refractivity contribution in [3.05, 3.63) is 0 Å². The molecule has 0 aliphatic carbocycles. The topological polar surface area (TPSA) is 106 Å². The summed E-state index contributed by atoms with van der Waals surface area (Å²) >= 11 is 0. The van der Waals surface area contributed by atoms with E-state index in [4.69, 9.17) is 9.47 Å². The molecule has 0 unspecified atom stereocenters. The molecule has 0 aromatic carbocycles. The number of carbonyl (C=O) groups is 3. The number of carbonyl (C=O) groups excluding carboxylic acids is 3. The summed E-state index contributed by atoms with van der Waals surface area (Å²) in [5.74, 6) is -0.210. The number of ether oxygens (including phenoxy) is 2. The Morgan fingerprint density at radius 2 is 1.45 bits per heavy atom. The van der Waals surface area contributed by atoms with Gasteiger partial charge in [0.15, 0.2) is 0 Å². The van der Waals surface area contributed by atoms with Gasteiger partial charge in [-0.2, -0.15) is 0 Å². The molecule has 3 amide bonds. The minimum absolute atomic E-state index is 0.105. The highest BCUT2D eigenvalue weighted by Crippen LogP contribution is 1.92. The second kappa shape index (κ2) is 12.4. The molecule has 0 aromatic heterocycles. The van der Waals surface area contributed by atoms with Gasteiger partial charge in [-0.25, -0.2) is 0 Å². The van der Waals surface area contributed by atoms with E-state index in [-0.39, 0.29) is 57.1 Å². The average Bonchev–Trinajstić information content (AvgIpc) is 2.46. The van der Waals surface area contributed by atoms with Crippen LogP contribution >= 0.6 is 0 Å². The third-order valence-corrected chi connectivity index (χ3v) is 2.45. The second-order valence-electron chi connectivity index (χ2n) is 3.98. The number of rotatable bonds is 12. The van der Waals surface area contributed by atoms with Crippen LogP contribution in [0.2, 0.25) is 0 Å². The fraction of sp³-hybridized carbons (Fsp3) is 0.750. The van der Waals surface area contributed by atoms with Crippen LogP contribution in [0.15, 0.2) is 0 Å². The first-order valence-electron chi connectivity index (χ1n) is 6.40. The van der Waals surface area contributed by atoms with E-state index >= 15 is 0 Å². The molecule has 0 spiro atoms. The summed E-state index contributed by atoms with van der Waals surface area (Å²) in [5, 5.41) is 7.52. The molecule has 0 bridgehead atoms. The maximum atomic E-state index is 11.0. The maximum Gasteiger partial charge on any atom is 0.222 e. The van der Waals surface area contributed by atoms with Crippen LogP contribution in [-0.2, 0) is 23.9 Å². The standard InChI is InChI=1S/C12H23N3O5/c1-13-11(17)3-5-19-7-10(15-9-16)8-20-6-4-12(18)14-2/h9-10H,3-8H2,1-2H3,(H,13,17)(H,14,18)(H,15,16). The molecule has 8 nitrogen and oxygen atoms in total. The molecule has 0 aliphatic rings. The van der Waals surface area contributed by atoms with E-state index < -0.39 is 0 Å². The van der Waals surface area contributed by atoms with E-state index in [0.717, 1.165) is 0 Å². The Morgan fingerprint density at radius 1 is 1.00 bits per heavy atom. The summed E-state index contributed by atoms with van der Waals surface area (Å²) in [6.07, 6.45) is 1.10. The zero-order valence-corrected chi connectivity index (χ0v) is 11.9. The number of nitrogens with one attached hydrogen (secondary N) is 3. The van der Waals surface area contributed by atoms with Gasteiger partial charge < -0.3 is 25.4 Å². The van der Waals surface area contributed by atoms with Crippen molar-refractivity contribution in [3.63, 3.8) is 0 Å². The number of hydrogen-bond donors (Lipinski definition) is 3. The fourth-order valence-corrected chi connectivity index (χ4v) is 1.27. The lowest BCUT2D eigenvalue weighted by Crippen LogP contribution is -2.37. The molecule has 0 aromatic rings. The number of amides is 3. The van der Waals surface area contributed by atoms with Gasteiger partial charge in [0.2, 0.25) is 18.2 Å². The largest absolute Gasteiger partial charge is 0.379 e. The fourth-order valence-electron chi connectivity index (χ4n) is 1.27. The van der Waals surface area contributed by atoms with Crippen molar-refractivity contribution in [2.75, 3.05) is 40.5 Å². The van der Waals surface area contributed by atoms with Crippen LogP contribution in [0, 0.1) is 0 Å². The second-order valence-corrected chi connectivity index (χ2v) is 3.98. The summed E-state index contributed by atoms with van der Waals surface area (Å²) < 4.78 is 10.6. The van der Waals surface area contributed by atoms with E-state index in [0.29, 0.717) is 6.41 Å². The Balaban J connectivity index is 3.72. The van der Waals surface area contributed by atoms with Crippen molar-refractivity contribution >= 4 is 18.2 Å². The van der Waals surface area contributed by atoms with Crippen LogP contribution in [0.5, 0.6) is 0 Å². The van der Waals surface area contributed by atoms with Crippen LogP contribution in [0.1, 0.15) is 12.8 Å². The van der Waals surface area contributed by atoms with Crippen LogP contribution in [0.4, 0.5) is 0 Å². The zero-order valence-electron chi connectivity index (χ0n) is 11.9. The lowest BCUT2D eigenvalue weighted by molar-refractivity contribution is -0.122. The van der Waals surface area contributed by atoms with Crippen molar-refractivity contribution in [3.8, 4) is 0 Å². The normalized spacial score (nSPS) is 10.2. The molecule has 0 heterocycles. The molecule has 0 radical (unpaired) electrons. The van der Waals surface area contributed by atoms with Crippen molar-refractivity contribution in [2.45, 2.75) is 18.9 Å². The lowest BCUT2D eigenvalue weighted by Gasteiger charge is -2.16. The Bertz CT molecular complexity index is 275. The molecule has 3 N–H and O–H groups in total. The summed E-state index contributed by atoms with van der Waals surface area (Å²) in [5.41, 5.74) is 0. The molecule has 8 heteroatoms. The summed E-state index contributed by atoms with van der Waals surface area (Å²) in [7, 11) is 3.11. The highest BCUT2D eigenvalue weighted by Gasteiger charge is 2.09. The van der Waals surface area contributed by atoms with Crippen molar-refractivity contribution < 1.29 is 23.9 Å². The van der Waals surface area contributed by atoms with Crippen LogP contribution in [0.3, 0.4) is 0 Å². The highest BCUT2D eigenvalue weighted by atomic mass is 16.5. The van der Waals surface area contributed by atoms with Gasteiger partial charge in [-0.05, 0) is 0 Å². The molecule has 0 saturated heterocycles. The Kier molecular flexibility index (Phi) is 11.3. The molecule has 0 aliphatic heterocycles. The van der Waals surface area contributed by atoms with Gasteiger partial charge in [0.1, 0.15) is 0 Å². The molecule has 20 heavy (non-hydrogen) atoms. The average molecular weight is 289 g/mol. The molecule has 0 atom stereocenters. The van der Waals surface area contributed by atoms with E-state index in [1.165, 1.54) is 0 Å². The van der Waals surface area contributed by atoms with E-state index in [9.17, 15) is 14.4 Å². The third-order valence-electron chi connectivity index (χ3n) is 2.45. The first kappa shape index (κ1) is 18.3. The van der Waals surface area contributed by atoms with Crippen molar-refractivity contribution in [1.82, 2.24) is 16.0 Å². The number of hydrogen-bond acceptors (Lipinski definition) is 5. The highest BCUT2D eigenvalue weighted by molar-refractivity contribution is 5.75. The predicted molar refractivity (Wildman–Crippen MR) is 72.0 cm³/mol. The monoisotopic (exact) mass is 289 g/mol. The SMILES string of the molecule is CNC(=O)CCOCC(COCCC(=O)NC)NC=O. The first-order valence-corrected chi connectivity index (χ1v) is 6.40.